The Morgan fingerprint density at radius 1 is 1.47 bits per heavy atom. The number of aliphatic carboxylic acids is 1. The van der Waals surface area contributed by atoms with Gasteiger partial charge < -0.3 is 19.6 Å². The number of nitrogens with zero attached hydrogens (tertiary/aromatic N) is 2. The van der Waals surface area contributed by atoms with E-state index >= 15 is 0 Å². The molecule has 2 rings (SSSR count). The molecule has 0 aliphatic heterocycles. The highest BCUT2D eigenvalue weighted by molar-refractivity contribution is 5.95. The topological polar surface area (TPSA) is 92.9 Å². The van der Waals surface area contributed by atoms with Crippen molar-refractivity contribution in [2.75, 3.05) is 14.2 Å². The van der Waals surface area contributed by atoms with Crippen LogP contribution in [0.4, 0.5) is 0 Å². The van der Waals surface area contributed by atoms with E-state index in [0.717, 1.165) is 0 Å². The highest BCUT2D eigenvalue weighted by atomic mass is 16.5. The number of fused-ring (bicyclic) bond motifs is 1. The third-order valence-electron chi connectivity index (χ3n) is 2.75. The normalized spacial score (nSPS) is 12.3. The van der Waals surface area contributed by atoms with Crippen molar-refractivity contribution < 1.29 is 19.4 Å². The van der Waals surface area contributed by atoms with Gasteiger partial charge in [0.1, 0.15) is 5.82 Å². The molecule has 0 aliphatic carbocycles. The van der Waals surface area contributed by atoms with Gasteiger partial charge in [-0.15, -0.1) is 0 Å². The monoisotopic (exact) mass is 263 g/mol. The van der Waals surface area contributed by atoms with E-state index in [9.17, 15) is 9.59 Å². The molecule has 0 saturated heterocycles. The summed E-state index contributed by atoms with van der Waals surface area (Å²) in [6, 6.07) is 4.14. The van der Waals surface area contributed by atoms with Crippen LogP contribution < -0.4 is 5.32 Å². The predicted octanol–water partition coefficient (Wildman–Crippen LogP) is 0.466. The molecule has 7 nitrogen and oxygen atoms in total. The number of rotatable bonds is 4. The lowest BCUT2D eigenvalue weighted by atomic mass is 10.3. The second kappa shape index (κ2) is 5.07. The molecule has 0 bridgehead atoms. The molecule has 2 aromatic rings. The first kappa shape index (κ1) is 13.0. The first-order chi connectivity index (χ1) is 9.10. The van der Waals surface area contributed by atoms with Gasteiger partial charge >= 0.3 is 11.9 Å². The molecular weight excluding hydrogens is 250 g/mol. The second-order valence-electron chi connectivity index (χ2n) is 3.83. The summed E-state index contributed by atoms with van der Waals surface area (Å²) >= 11 is 0. The smallest absolute Gasteiger partial charge is 0.358 e. The van der Waals surface area contributed by atoms with Crippen LogP contribution in [0.15, 0.2) is 24.4 Å². The fraction of sp³-hybridized carbons (Fsp3) is 0.250. The van der Waals surface area contributed by atoms with Crippen LogP contribution >= 0.6 is 0 Å². The Kier molecular flexibility index (Phi) is 3.48. The Hall–Kier alpha value is -2.41. The van der Waals surface area contributed by atoms with E-state index in [1.165, 1.54) is 14.2 Å². The van der Waals surface area contributed by atoms with E-state index in [-0.39, 0.29) is 11.5 Å². The third kappa shape index (κ3) is 2.15. The van der Waals surface area contributed by atoms with Gasteiger partial charge in [-0.1, -0.05) is 6.07 Å². The molecule has 2 aromatic heterocycles. The number of carboxylic acid groups (broad SMARTS) is 1. The minimum absolute atomic E-state index is 0.0969. The number of methoxy groups -OCH3 is 1. The predicted molar refractivity (Wildman–Crippen MR) is 66.0 cm³/mol. The van der Waals surface area contributed by atoms with Crippen molar-refractivity contribution in [1.29, 1.82) is 0 Å². The Morgan fingerprint density at radius 2 is 2.21 bits per heavy atom. The van der Waals surface area contributed by atoms with E-state index in [1.807, 2.05) is 0 Å². The summed E-state index contributed by atoms with van der Waals surface area (Å²) in [5.41, 5.74) is 0.602. The number of ether oxygens (including phenoxy) is 1. The van der Waals surface area contributed by atoms with Gasteiger partial charge in [-0.05, 0) is 19.2 Å². The van der Waals surface area contributed by atoms with Crippen LogP contribution in [0, 0.1) is 0 Å². The lowest BCUT2D eigenvalue weighted by Crippen LogP contribution is -2.27. The Labute approximate surface area is 108 Å². The fourth-order valence-corrected chi connectivity index (χ4v) is 1.88. The van der Waals surface area contributed by atoms with Crippen molar-refractivity contribution in [3.63, 3.8) is 0 Å². The number of carbonyl (C=O) groups excluding carboxylic acids is 1. The minimum Gasteiger partial charge on any atom is -0.480 e. The van der Waals surface area contributed by atoms with E-state index in [4.69, 9.17) is 5.11 Å². The molecule has 0 fully saturated rings. The van der Waals surface area contributed by atoms with Crippen LogP contribution in [-0.4, -0.2) is 40.6 Å². The molecule has 1 unspecified atom stereocenters. The molecule has 100 valence electrons. The van der Waals surface area contributed by atoms with Crippen LogP contribution in [-0.2, 0) is 9.53 Å². The summed E-state index contributed by atoms with van der Waals surface area (Å²) < 4.78 is 6.21. The van der Waals surface area contributed by atoms with Gasteiger partial charge in [0.05, 0.1) is 12.6 Å². The maximum Gasteiger partial charge on any atom is 0.358 e. The van der Waals surface area contributed by atoms with E-state index in [1.54, 1.807) is 28.8 Å². The quantitative estimate of drug-likeness (QED) is 0.779. The number of aromatic nitrogens is 2. The summed E-state index contributed by atoms with van der Waals surface area (Å²) in [6.45, 7) is 0. The van der Waals surface area contributed by atoms with Crippen LogP contribution in [0.2, 0.25) is 0 Å². The molecule has 0 aliphatic rings. The van der Waals surface area contributed by atoms with Crippen LogP contribution in [0.25, 0.3) is 5.52 Å². The summed E-state index contributed by atoms with van der Waals surface area (Å²) in [7, 11) is 2.77. The third-order valence-corrected chi connectivity index (χ3v) is 2.75. The van der Waals surface area contributed by atoms with Crippen molar-refractivity contribution in [3.05, 3.63) is 35.9 Å². The highest BCUT2D eigenvalue weighted by Gasteiger charge is 2.26. The Bertz CT molecular complexity index is 635. The lowest BCUT2D eigenvalue weighted by Gasteiger charge is -2.09. The van der Waals surface area contributed by atoms with Crippen LogP contribution in [0.1, 0.15) is 22.4 Å². The number of carbonyl (C=O) groups is 2. The Balaban J connectivity index is 2.68. The molecule has 0 radical (unpaired) electrons. The minimum atomic E-state index is -1.07. The summed E-state index contributed by atoms with van der Waals surface area (Å²) in [4.78, 5) is 26.9. The average molecular weight is 263 g/mol. The molecule has 19 heavy (non-hydrogen) atoms. The number of hydrogen-bond donors (Lipinski definition) is 2. The van der Waals surface area contributed by atoms with Crippen LogP contribution in [0.3, 0.4) is 0 Å². The lowest BCUT2D eigenvalue weighted by molar-refractivity contribution is -0.139. The zero-order valence-electron chi connectivity index (χ0n) is 10.5. The van der Waals surface area contributed by atoms with Crippen molar-refractivity contribution in [2.24, 2.45) is 0 Å². The molecule has 2 N–H and O–H groups in total. The van der Waals surface area contributed by atoms with E-state index < -0.39 is 18.0 Å². The largest absolute Gasteiger partial charge is 0.480 e. The fourth-order valence-electron chi connectivity index (χ4n) is 1.88. The number of pyridine rings is 1. The first-order valence-electron chi connectivity index (χ1n) is 5.55. The number of esters is 1. The van der Waals surface area contributed by atoms with E-state index in [0.29, 0.717) is 5.52 Å². The molecule has 0 spiro atoms. The van der Waals surface area contributed by atoms with Crippen molar-refractivity contribution >= 4 is 17.5 Å². The number of likely N-dealkylation sites (N-methyl/N-ethyl adjacent to an activating group) is 1. The zero-order chi connectivity index (χ0) is 14.0. The maximum atomic E-state index is 11.7. The average Bonchev–Trinajstić information content (AvgIpc) is 2.78. The number of carboxylic acids is 1. The van der Waals surface area contributed by atoms with Crippen molar-refractivity contribution in [3.8, 4) is 0 Å². The van der Waals surface area contributed by atoms with Gasteiger partial charge in [0.15, 0.2) is 11.7 Å². The van der Waals surface area contributed by atoms with Gasteiger partial charge in [-0.2, -0.15) is 0 Å². The molecule has 0 amide bonds. The van der Waals surface area contributed by atoms with Crippen molar-refractivity contribution in [2.45, 2.75) is 6.04 Å². The molecule has 0 aromatic carbocycles. The van der Waals surface area contributed by atoms with Gasteiger partial charge in [0.2, 0.25) is 0 Å². The number of imidazole rings is 1. The molecule has 2 heterocycles. The molecular formula is C12H13N3O4. The van der Waals surface area contributed by atoms with Crippen molar-refractivity contribution in [1.82, 2.24) is 14.7 Å². The SMILES string of the molecule is CNC(C(=O)O)c1nc(C(=O)OC)c2ccccn12. The van der Waals surface area contributed by atoms with Gasteiger partial charge in [0, 0.05) is 6.20 Å². The summed E-state index contributed by atoms with van der Waals surface area (Å²) in [5, 5.41) is 11.8. The number of hydrogen-bond acceptors (Lipinski definition) is 5. The molecule has 1 atom stereocenters. The number of nitrogens with one attached hydrogen (secondary N) is 1. The van der Waals surface area contributed by atoms with Gasteiger partial charge in [-0.25, -0.2) is 9.78 Å². The van der Waals surface area contributed by atoms with Gasteiger partial charge in [-0.3, -0.25) is 4.79 Å². The van der Waals surface area contributed by atoms with E-state index in [2.05, 4.69) is 15.0 Å². The standard InChI is InChI=1S/C12H13N3O4/c1-13-9(11(16)17)10-14-8(12(18)19-2)7-5-3-4-6-15(7)10/h3-6,9,13H,1-2H3,(H,16,17). The van der Waals surface area contributed by atoms with Gasteiger partial charge in [0.25, 0.3) is 0 Å². The molecule has 0 saturated carbocycles. The maximum absolute atomic E-state index is 11.7. The first-order valence-corrected chi connectivity index (χ1v) is 5.55. The summed E-state index contributed by atoms with van der Waals surface area (Å²) in [5.74, 6) is -1.45. The molecule has 7 heteroatoms. The van der Waals surface area contributed by atoms with Crippen LogP contribution in [0.5, 0.6) is 0 Å². The second-order valence-corrected chi connectivity index (χ2v) is 3.83. The highest BCUT2D eigenvalue weighted by Crippen LogP contribution is 2.19. The Morgan fingerprint density at radius 3 is 2.79 bits per heavy atom. The zero-order valence-corrected chi connectivity index (χ0v) is 10.5. The summed E-state index contributed by atoms with van der Waals surface area (Å²) in [6.07, 6.45) is 1.65.